The van der Waals surface area contributed by atoms with Crippen molar-refractivity contribution < 1.29 is 28.7 Å². The number of rotatable bonds is 8. The van der Waals surface area contributed by atoms with E-state index in [-0.39, 0.29) is 24.7 Å². The molecule has 0 unspecified atom stereocenters. The normalized spacial score (nSPS) is 13.1. The second-order valence-electron chi connectivity index (χ2n) is 4.50. The molecule has 0 aromatic rings. The summed E-state index contributed by atoms with van der Waals surface area (Å²) in [6.07, 6.45) is 3.66. The van der Waals surface area contributed by atoms with Crippen LogP contribution in [0.3, 0.4) is 0 Å². The maximum Gasteiger partial charge on any atom is 0.328 e. The zero-order valence-electron chi connectivity index (χ0n) is 13.2. The zero-order valence-corrected chi connectivity index (χ0v) is 13.2. The molecule has 0 spiro atoms. The fourth-order valence-electron chi connectivity index (χ4n) is 1.67. The van der Waals surface area contributed by atoms with Crippen molar-refractivity contribution in [3.63, 3.8) is 0 Å². The third-order valence-corrected chi connectivity index (χ3v) is 2.64. The van der Waals surface area contributed by atoms with Gasteiger partial charge in [-0.15, -0.1) is 0 Å². The molecule has 0 heterocycles. The summed E-state index contributed by atoms with van der Waals surface area (Å²) in [6, 6.07) is -1.59. The molecule has 0 aromatic heterocycles. The molecule has 2 amide bonds. The standard InChI is InChI=1S/C14H22N2O6/c1-9(17)15-11(13(19)21-3)7-5-6-8-12(14(20)22-4)16-10(2)18/h5-6,11-12H,7-8H2,1-4H3,(H,15,17)(H,16,18)/t11-,12-/m0/s1. The Bertz CT molecular complexity index is 407. The molecule has 22 heavy (non-hydrogen) atoms. The average Bonchev–Trinajstić information content (AvgIpc) is 2.46. The lowest BCUT2D eigenvalue weighted by atomic mass is 10.1. The van der Waals surface area contributed by atoms with Gasteiger partial charge in [-0.3, -0.25) is 9.59 Å². The van der Waals surface area contributed by atoms with Crippen LogP contribution in [-0.4, -0.2) is 50.1 Å². The van der Waals surface area contributed by atoms with Crippen LogP contribution in [0.15, 0.2) is 12.2 Å². The van der Waals surface area contributed by atoms with Gasteiger partial charge in [0.25, 0.3) is 0 Å². The van der Waals surface area contributed by atoms with E-state index in [4.69, 9.17) is 0 Å². The van der Waals surface area contributed by atoms with Crippen LogP contribution in [0, 0.1) is 0 Å². The second kappa shape index (κ2) is 10.4. The summed E-state index contributed by atoms with van der Waals surface area (Å²) in [5.41, 5.74) is 0. The van der Waals surface area contributed by atoms with Gasteiger partial charge in [0.15, 0.2) is 0 Å². The van der Waals surface area contributed by atoms with E-state index < -0.39 is 24.0 Å². The first-order valence-corrected chi connectivity index (χ1v) is 6.66. The van der Waals surface area contributed by atoms with E-state index in [9.17, 15) is 19.2 Å². The van der Waals surface area contributed by atoms with E-state index in [2.05, 4.69) is 20.1 Å². The lowest BCUT2D eigenvalue weighted by Crippen LogP contribution is -2.40. The number of ether oxygens (including phenoxy) is 2. The number of carbonyl (C=O) groups excluding carboxylic acids is 4. The third kappa shape index (κ3) is 8.03. The van der Waals surface area contributed by atoms with Crippen molar-refractivity contribution in [3.8, 4) is 0 Å². The van der Waals surface area contributed by atoms with Crippen LogP contribution in [0.1, 0.15) is 26.7 Å². The van der Waals surface area contributed by atoms with Gasteiger partial charge in [0.05, 0.1) is 14.2 Å². The summed E-state index contributed by atoms with van der Waals surface area (Å²) in [6.45, 7) is 2.59. The highest BCUT2D eigenvalue weighted by atomic mass is 16.5. The molecule has 0 fully saturated rings. The number of carbonyl (C=O) groups is 4. The van der Waals surface area contributed by atoms with Crippen LogP contribution >= 0.6 is 0 Å². The molecule has 0 rings (SSSR count). The molecule has 0 saturated carbocycles. The summed E-state index contributed by atoms with van der Waals surface area (Å²) >= 11 is 0. The lowest BCUT2D eigenvalue weighted by molar-refractivity contribution is -0.145. The van der Waals surface area contributed by atoms with Gasteiger partial charge in [-0.2, -0.15) is 0 Å². The predicted molar refractivity (Wildman–Crippen MR) is 77.6 cm³/mol. The first kappa shape index (κ1) is 19.6. The van der Waals surface area contributed by atoms with Crippen LogP contribution in [0.4, 0.5) is 0 Å². The van der Waals surface area contributed by atoms with Gasteiger partial charge in [-0.1, -0.05) is 12.2 Å². The summed E-state index contributed by atoms with van der Waals surface area (Å²) in [5.74, 6) is -1.83. The predicted octanol–water partition coefficient (Wildman–Crippen LogP) is -0.322. The minimum absolute atomic E-state index is 0.209. The molecular weight excluding hydrogens is 292 g/mol. The maximum atomic E-state index is 11.5. The summed E-state index contributed by atoms with van der Waals surface area (Å²) < 4.78 is 9.16. The van der Waals surface area contributed by atoms with Crippen molar-refractivity contribution in [1.29, 1.82) is 0 Å². The molecule has 0 aliphatic rings. The fourth-order valence-corrected chi connectivity index (χ4v) is 1.67. The Balaban J connectivity index is 4.59. The van der Waals surface area contributed by atoms with Gasteiger partial charge < -0.3 is 20.1 Å². The Hall–Kier alpha value is -2.38. The molecule has 124 valence electrons. The molecule has 0 aromatic carbocycles. The molecule has 0 saturated heterocycles. The summed E-state index contributed by atoms with van der Waals surface area (Å²) in [7, 11) is 2.45. The second-order valence-corrected chi connectivity index (χ2v) is 4.50. The first-order valence-electron chi connectivity index (χ1n) is 6.66. The van der Waals surface area contributed by atoms with E-state index in [0.717, 1.165) is 0 Å². The highest BCUT2D eigenvalue weighted by Gasteiger charge is 2.20. The average molecular weight is 314 g/mol. The van der Waals surface area contributed by atoms with Crippen LogP contribution < -0.4 is 10.6 Å². The monoisotopic (exact) mass is 314 g/mol. The summed E-state index contributed by atoms with van der Waals surface area (Å²) in [4.78, 5) is 45.0. The molecule has 8 nitrogen and oxygen atoms in total. The summed E-state index contributed by atoms with van der Waals surface area (Å²) in [5, 5.41) is 4.92. The van der Waals surface area contributed by atoms with Crippen molar-refractivity contribution in [2.24, 2.45) is 0 Å². The van der Waals surface area contributed by atoms with Gasteiger partial charge in [-0.05, 0) is 12.8 Å². The third-order valence-electron chi connectivity index (χ3n) is 2.64. The van der Waals surface area contributed by atoms with Crippen LogP contribution in [-0.2, 0) is 28.7 Å². The topological polar surface area (TPSA) is 111 Å². The largest absolute Gasteiger partial charge is 0.467 e. The van der Waals surface area contributed by atoms with Gasteiger partial charge >= 0.3 is 11.9 Å². The molecule has 0 aliphatic heterocycles. The van der Waals surface area contributed by atoms with Gasteiger partial charge in [0.2, 0.25) is 11.8 Å². The van der Waals surface area contributed by atoms with Crippen molar-refractivity contribution >= 4 is 23.8 Å². The van der Waals surface area contributed by atoms with Crippen LogP contribution in [0.2, 0.25) is 0 Å². The molecule has 2 atom stereocenters. The smallest absolute Gasteiger partial charge is 0.328 e. The number of methoxy groups -OCH3 is 2. The number of nitrogens with one attached hydrogen (secondary N) is 2. The molecule has 0 bridgehead atoms. The Morgan fingerprint density at radius 1 is 0.818 bits per heavy atom. The quantitative estimate of drug-likeness (QED) is 0.469. The van der Waals surface area contributed by atoms with Crippen molar-refractivity contribution in [1.82, 2.24) is 10.6 Å². The Labute approximate surface area is 129 Å². The number of esters is 2. The number of amides is 2. The number of hydrogen-bond acceptors (Lipinski definition) is 6. The van der Waals surface area contributed by atoms with Crippen molar-refractivity contribution in [2.75, 3.05) is 14.2 Å². The van der Waals surface area contributed by atoms with Crippen LogP contribution in [0.5, 0.6) is 0 Å². The molecule has 8 heteroatoms. The molecule has 0 aliphatic carbocycles. The molecular formula is C14H22N2O6. The SMILES string of the molecule is COC(=O)[C@H](CC=CC[C@H](NC(C)=O)C(=O)OC)NC(C)=O. The van der Waals surface area contributed by atoms with Crippen molar-refractivity contribution in [3.05, 3.63) is 12.2 Å². The van der Waals surface area contributed by atoms with E-state index in [1.165, 1.54) is 28.1 Å². The van der Waals surface area contributed by atoms with Crippen LogP contribution in [0.25, 0.3) is 0 Å². The van der Waals surface area contributed by atoms with E-state index >= 15 is 0 Å². The highest BCUT2D eigenvalue weighted by molar-refractivity contribution is 5.84. The minimum Gasteiger partial charge on any atom is -0.467 e. The Morgan fingerprint density at radius 3 is 1.36 bits per heavy atom. The molecule has 0 radical (unpaired) electrons. The first-order chi connectivity index (χ1) is 10.3. The highest BCUT2D eigenvalue weighted by Crippen LogP contribution is 2.01. The van der Waals surface area contributed by atoms with Gasteiger partial charge in [0.1, 0.15) is 12.1 Å². The maximum absolute atomic E-state index is 11.5. The number of hydrogen-bond donors (Lipinski definition) is 2. The van der Waals surface area contributed by atoms with Gasteiger partial charge in [0, 0.05) is 13.8 Å². The zero-order chi connectivity index (χ0) is 17.1. The minimum atomic E-state index is -0.795. The molecule has 2 N–H and O–H groups in total. The fraction of sp³-hybridized carbons (Fsp3) is 0.571. The Kier molecular flexibility index (Phi) is 9.24. The van der Waals surface area contributed by atoms with E-state index in [1.54, 1.807) is 12.2 Å². The van der Waals surface area contributed by atoms with E-state index in [1.807, 2.05) is 0 Å². The van der Waals surface area contributed by atoms with Crippen molar-refractivity contribution in [2.45, 2.75) is 38.8 Å². The lowest BCUT2D eigenvalue weighted by Gasteiger charge is -2.14. The van der Waals surface area contributed by atoms with Gasteiger partial charge in [-0.25, -0.2) is 9.59 Å². The van der Waals surface area contributed by atoms with E-state index in [0.29, 0.717) is 0 Å². The Morgan fingerprint density at radius 2 is 1.14 bits per heavy atom.